The van der Waals surface area contributed by atoms with Crippen LogP contribution in [0.3, 0.4) is 0 Å². The molecule has 0 aromatic rings. The lowest BCUT2D eigenvalue weighted by atomic mass is 10.1. The molecule has 0 saturated heterocycles. The van der Waals surface area contributed by atoms with E-state index in [0.29, 0.717) is 19.1 Å². The van der Waals surface area contributed by atoms with Crippen LogP contribution in [0.5, 0.6) is 0 Å². The average Bonchev–Trinajstić information content (AvgIpc) is 2.15. The Morgan fingerprint density at radius 3 is 2.40 bits per heavy atom. The molecule has 0 rings (SSSR count). The molecule has 0 saturated carbocycles. The maximum Gasteiger partial charge on any atom is 0.320 e. The van der Waals surface area contributed by atoms with Gasteiger partial charge in [-0.1, -0.05) is 20.8 Å². The van der Waals surface area contributed by atoms with Gasteiger partial charge in [0.2, 0.25) is 0 Å². The molecule has 3 heteroatoms. The van der Waals surface area contributed by atoms with Crippen molar-refractivity contribution in [1.29, 1.82) is 0 Å². The monoisotopic (exact) mass is 215 g/mol. The van der Waals surface area contributed by atoms with Gasteiger partial charge in [0.15, 0.2) is 0 Å². The summed E-state index contributed by atoms with van der Waals surface area (Å²) in [7, 11) is 0. The SMILES string of the molecule is CCCN(CCC(C)C)CC(=O)OCC. The van der Waals surface area contributed by atoms with Crippen LogP contribution in [0.4, 0.5) is 0 Å². The van der Waals surface area contributed by atoms with E-state index >= 15 is 0 Å². The number of hydrogen-bond donors (Lipinski definition) is 0. The Kier molecular flexibility index (Phi) is 8.38. The highest BCUT2D eigenvalue weighted by Crippen LogP contribution is 2.03. The molecule has 0 aliphatic heterocycles. The highest BCUT2D eigenvalue weighted by atomic mass is 16.5. The van der Waals surface area contributed by atoms with Crippen molar-refractivity contribution in [3.8, 4) is 0 Å². The minimum atomic E-state index is -0.102. The minimum Gasteiger partial charge on any atom is -0.465 e. The summed E-state index contributed by atoms with van der Waals surface area (Å²) < 4.78 is 4.94. The van der Waals surface area contributed by atoms with E-state index in [-0.39, 0.29) is 5.97 Å². The van der Waals surface area contributed by atoms with E-state index in [9.17, 15) is 4.79 Å². The number of carbonyl (C=O) groups is 1. The second kappa shape index (κ2) is 8.72. The van der Waals surface area contributed by atoms with E-state index in [0.717, 1.165) is 25.9 Å². The van der Waals surface area contributed by atoms with Crippen molar-refractivity contribution < 1.29 is 9.53 Å². The number of esters is 1. The summed E-state index contributed by atoms with van der Waals surface area (Å²) in [6.07, 6.45) is 2.22. The molecule has 0 aromatic carbocycles. The molecule has 0 atom stereocenters. The predicted octanol–water partition coefficient (Wildman–Crippen LogP) is 2.31. The van der Waals surface area contributed by atoms with Crippen LogP contribution in [0.15, 0.2) is 0 Å². The molecule has 0 aliphatic carbocycles. The van der Waals surface area contributed by atoms with Gasteiger partial charge in [-0.2, -0.15) is 0 Å². The van der Waals surface area contributed by atoms with Gasteiger partial charge in [0, 0.05) is 0 Å². The van der Waals surface area contributed by atoms with Crippen LogP contribution in [0.25, 0.3) is 0 Å². The Balaban J connectivity index is 3.86. The zero-order valence-electron chi connectivity index (χ0n) is 10.6. The van der Waals surface area contributed by atoms with Crippen molar-refractivity contribution in [3.05, 3.63) is 0 Å². The summed E-state index contributed by atoms with van der Waals surface area (Å²) in [4.78, 5) is 13.5. The normalized spacial score (nSPS) is 11.1. The van der Waals surface area contributed by atoms with Crippen LogP contribution in [0, 0.1) is 5.92 Å². The van der Waals surface area contributed by atoms with E-state index < -0.39 is 0 Å². The van der Waals surface area contributed by atoms with Crippen LogP contribution in [-0.4, -0.2) is 37.1 Å². The van der Waals surface area contributed by atoms with E-state index in [1.54, 1.807) is 0 Å². The molecule has 15 heavy (non-hydrogen) atoms. The second-order valence-corrected chi connectivity index (χ2v) is 4.26. The van der Waals surface area contributed by atoms with Gasteiger partial charge in [-0.05, 0) is 38.8 Å². The van der Waals surface area contributed by atoms with Gasteiger partial charge >= 0.3 is 5.97 Å². The Hall–Kier alpha value is -0.570. The third-order valence-corrected chi connectivity index (χ3v) is 2.22. The number of rotatable bonds is 8. The number of hydrogen-bond acceptors (Lipinski definition) is 3. The third kappa shape index (κ3) is 8.43. The minimum absolute atomic E-state index is 0.102. The summed E-state index contributed by atoms with van der Waals surface area (Å²) >= 11 is 0. The standard InChI is InChI=1S/C12H25NO2/c1-5-8-13(9-7-11(3)4)10-12(14)15-6-2/h11H,5-10H2,1-4H3. The molecular weight excluding hydrogens is 190 g/mol. The van der Waals surface area contributed by atoms with E-state index in [1.165, 1.54) is 0 Å². The molecule has 0 amide bonds. The van der Waals surface area contributed by atoms with Crippen LogP contribution >= 0.6 is 0 Å². The molecule has 0 aromatic heterocycles. The fraction of sp³-hybridized carbons (Fsp3) is 0.917. The maximum absolute atomic E-state index is 11.3. The predicted molar refractivity (Wildman–Crippen MR) is 62.8 cm³/mol. The number of carbonyl (C=O) groups excluding carboxylic acids is 1. The molecular formula is C12H25NO2. The van der Waals surface area contributed by atoms with Crippen LogP contribution in [0.1, 0.15) is 40.5 Å². The van der Waals surface area contributed by atoms with Gasteiger partial charge in [0.05, 0.1) is 13.2 Å². The zero-order chi connectivity index (χ0) is 11.7. The summed E-state index contributed by atoms with van der Waals surface area (Å²) in [6.45, 7) is 11.3. The molecule has 0 radical (unpaired) electrons. The molecule has 0 bridgehead atoms. The van der Waals surface area contributed by atoms with Crippen molar-refractivity contribution >= 4 is 5.97 Å². The van der Waals surface area contributed by atoms with E-state index in [1.807, 2.05) is 6.92 Å². The molecule has 0 fully saturated rings. The van der Waals surface area contributed by atoms with Crippen LogP contribution < -0.4 is 0 Å². The highest BCUT2D eigenvalue weighted by molar-refractivity contribution is 5.71. The quantitative estimate of drug-likeness (QED) is 0.582. The number of nitrogens with zero attached hydrogens (tertiary/aromatic N) is 1. The average molecular weight is 215 g/mol. The largest absolute Gasteiger partial charge is 0.465 e. The first-order chi connectivity index (χ1) is 7.10. The topological polar surface area (TPSA) is 29.5 Å². The Bertz CT molecular complexity index is 169. The molecule has 0 spiro atoms. The summed E-state index contributed by atoms with van der Waals surface area (Å²) in [5.74, 6) is 0.584. The summed E-state index contributed by atoms with van der Waals surface area (Å²) in [6, 6.07) is 0. The third-order valence-electron chi connectivity index (χ3n) is 2.22. The molecule has 90 valence electrons. The Labute approximate surface area is 93.8 Å². The first-order valence-corrected chi connectivity index (χ1v) is 5.98. The molecule has 0 unspecified atom stereocenters. The summed E-state index contributed by atoms with van der Waals surface area (Å²) in [5, 5.41) is 0. The van der Waals surface area contributed by atoms with E-state index in [4.69, 9.17) is 4.74 Å². The van der Waals surface area contributed by atoms with Gasteiger partial charge in [0.1, 0.15) is 0 Å². The van der Waals surface area contributed by atoms with Crippen molar-refractivity contribution in [2.45, 2.75) is 40.5 Å². The van der Waals surface area contributed by atoms with Crippen LogP contribution in [0.2, 0.25) is 0 Å². The molecule has 0 heterocycles. The highest BCUT2D eigenvalue weighted by Gasteiger charge is 2.10. The molecule has 0 N–H and O–H groups in total. The molecule has 3 nitrogen and oxygen atoms in total. The maximum atomic E-state index is 11.3. The van der Waals surface area contributed by atoms with Gasteiger partial charge < -0.3 is 4.74 Å². The fourth-order valence-electron chi connectivity index (χ4n) is 1.42. The van der Waals surface area contributed by atoms with Gasteiger partial charge in [0.25, 0.3) is 0 Å². The smallest absolute Gasteiger partial charge is 0.320 e. The lowest BCUT2D eigenvalue weighted by molar-refractivity contribution is -0.144. The summed E-state index contributed by atoms with van der Waals surface area (Å²) in [5.41, 5.74) is 0. The Morgan fingerprint density at radius 1 is 1.27 bits per heavy atom. The number of ether oxygens (including phenoxy) is 1. The van der Waals surface area contributed by atoms with Gasteiger partial charge in [-0.3, -0.25) is 9.69 Å². The van der Waals surface area contributed by atoms with Crippen LogP contribution in [-0.2, 0) is 9.53 Å². The fourth-order valence-corrected chi connectivity index (χ4v) is 1.42. The Morgan fingerprint density at radius 2 is 1.93 bits per heavy atom. The first kappa shape index (κ1) is 14.4. The van der Waals surface area contributed by atoms with Crippen molar-refractivity contribution in [2.24, 2.45) is 5.92 Å². The second-order valence-electron chi connectivity index (χ2n) is 4.26. The lowest BCUT2D eigenvalue weighted by Gasteiger charge is -2.21. The van der Waals surface area contributed by atoms with Crippen molar-refractivity contribution in [3.63, 3.8) is 0 Å². The van der Waals surface area contributed by atoms with Gasteiger partial charge in [-0.25, -0.2) is 0 Å². The lowest BCUT2D eigenvalue weighted by Crippen LogP contribution is -2.33. The van der Waals surface area contributed by atoms with Crippen molar-refractivity contribution in [2.75, 3.05) is 26.2 Å². The zero-order valence-corrected chi connectivity index (χ0v) is 10.6. The van der Waals surface area contributed by atoms with Crippen molar-refractivity contribution in [1.82, 2.24) is 4.90 Å². The van der Waals surface area contributed by atoms with E-state index in [2.05, 4.69) is 25.7 Å². The first-order valence-electron chi connectivity index (χ1n) is 5.98. The molecule has 0 aliphatic rings. The van der Waals surface area contributed by atoms with Gasteiger partial charge in [-0.15, -0.1) is 0 Å².